The fourth-order valence-electron chi connectivity index (χ4n) is 1.75. The number of ether oxygens (including phenoxy) is 2. The zero-order valence-corrected chi connectivity index (χ0v) is 15.1. The van der Waals surface area contributed by atoms with Crippen molar-refractivity contribution in [2.45, 2.75) is 12.8 Å². The SMILES string of the molecule is Cc1csc([C@@H](C#N)C(=O)COC(=O)COc2cccc(Br)c2)n1. The second-order valence-electron chi connectivity index (χ2n) is 4.76. The predicted molar refractivity (Wildman–Crippen MR) is 90.8 cm³/mol. The highest BCUT2D eigenvalue weighted by Crippen LogP contribution is 2.21. The van der Waals surface area contributed by atoms with Crippen LogP contribution in [-0.4, -0.2) is 30.0 Å². The van der Waals surface area contributed by atoms with Gasteiger partial charge in [0.25, 0.3) is 0 Å². The number of hydrogen-bond acceptors (Lipinski definition) is 7. The van der Waals surface area contributed by atoms with Crippen LogP contribution in [0.2, 0.25) is 0 Å². The van der Waals surface area contributed by atoms with Crippen molar-refractivity contribution >= 4 is 39.0 Å². The van der Waals surface area contributed by atoms with Gasteiger partial charge in [-0.1, -0.05) is 22.0 Å². The molecule has 0 saturated heterocycles. The first-order chi connectivity index (χ1) is 11.5. The van der Waals surface area contributed by atoms with Crippen molar-refractivity contribution in [3.8, 4) is 11.8 Å². The molecular weight excluding hydrogens is 396 g/mol. The van der Waals surface area contributed by atoms with E-state index in [0.29, 0.717) is 10.8 Å². The molecule has 0 N–H and O–H groups in total. The van der Waals surface area contributed by atoms with Crippen molar-refractivity contribution in [1.82, 2.24) is 4.98 Å². The molecule has 124 valence electrons. The second-order valence-corrected chi connectivity index (χ2v) is 6.57. The molecule has 0 spiro atoms. The highest BCUT2D eigenvalue weighted by Gasteiger charge is 2.24. The molecule has 0 aliphatic rings. The lowest BCUT2D eigenvalue weighted by molar-refractivity contribution is -0.150. The lowest BCUT2D eigenvalue weighted by Crippen LogP contribution is -2.22. The summed E-state index contributed by atoms with van der Waals surface area (Å²) in [4.78, 5) is 27.8. The van der Waals surface area contributed by atoms with Crippen LogP contribution in [0.4, 0.5) is 0 Å². The van der Waals surface area contributed by atoms with Gasteiger partial charge in [-0.25, -0.2) is 9.78 Å². The van der Waals surface area contributed by atoms with E-state index >= 15 is 0 Å². The minimum atomic E-state index is -1.03. The number of carbonyl (C=O) groups excluding carboxylic acids is 2. The Balaban J connectivity index is 1.82. The van der Waals surface area contributed by atoms with Gasteiger partial charge in [0, 0.05) is 15.5 Å². The van der Waals surface area contributed by atoms with Crippen LogP contribution in [0.15, 0.2) is 34.1 Å². The van der Waals surface area contributed by atoms with E-state index in [-0.39, 0.29) is 6.61 Å². The summed E-state index contributed by atoms with van der Waals surface area (Å²) >= 11 is 4.52. The smallest absolute Gasteiger partial charge is 0.344 e. The van der Waals surface area contributed by atoms with Crippen LogP contribution in [0.1, 0.15) is 16.6 Å². The summed E-state index contributed by atoms with van der Waals surface area (Å²) in [5, 5.41) is 11.3. The fraction of sp³-hybridized carbons (Fsp3) is 0.250. The molecule has 0 unspecified atom stereocenters. The molecule has 6 nitrogen and oxygen atoms in total. The van der Waals surface area contributed by atoms with E-state index in [4.69, 9.17) is 14.7 Å². The maximum atomic E-state index is 12.0. The average molecular weight is 409 g/mol. The minimum absolute atomic E-state index is 0.322. The van der Waals surface area contributed by atoms with Crippen LogP contribution in [0.3, 0.4) is 0 Å². The number of esters is 1. The molecule has 1 atom stereocenters. The number of nitrogens with zero attached hydrogens (tertiary/aromatic N) is 2. The zero-order valence-electron chi connectivity index (χ0n) is 12.7. The Bertz CT molecular complexity index is 784. The number of thiazole rings is 1. The van der Waals surface area contributed by atoms with Gasteiger partial charge >= 0.3 is 5.97 Å². The van der Waals surface area contributed by atoms with Gasteiger partial charge in [-0.2, -0.15) is 5.26 Å². The fourth-order valence-corrected chi connectivity index (χ4v) is 2.98. The molecule has 0 radical (unpaired) electrons. The number of benzene rings is 1. The second kappa shape index (κ2) is 8.57. The molecule has 0 aliphatic heterocycles. The van der Waals surface area contributed by atoms with Gasteiger partial charge in [0.05, 0.1) is 6.07 Å². The summed E-state index contributed by atoms with van der Waals surface area (Å²) in [6, 6.07) is 8.88. The number of hydrogen-bond donors (Lipinski definition) is 0. The number of aromatic nitrogens is 1. The summed E-state index contributed by atoms with van der Waals surface area (Å²) in [5.74, 6) is -1.72. The molecule has 2 rings (SSSR count). The number of carbonyl (C=O) groups is 2. The monoisotopic (exact) mass is 408 g/mol. The van der Waals surface area contributed by atoms with E-state index in [1.807, 2.05) is 12.1 Å². The van der Waals surface area contributed by atoms with Crippen LogP contribution in [-0.2, 0) is 14.3 Å². The van der Waals surface area contributed by atoms with E-state index in [0.717, 1.165) is 10.2 Å². The average Bonchev–Trinajstić information content (AvgIpc) is 2.98. The third-order valence-electron chi connectivity index (χ3n) is 2.86. The van der Waals surface area contributed by atoms with E-state index in [2.05, 4.69) is 20.9 Å². The molecule has 1 heterocycles. The van der Waals surface area contributed by atoms with Crippen molar-refractivity contribution in [1.29, 1.82) is 5.26 Å². The van der Waals surface area contributed by atoms with Gasteiger partial charge < -0.3 is 9.47 Å². The molecule has 8 heteroatoms. The third-order valence-corrected chi connectivity index (χ3v) is 4.38. The quantitative estimate of drug-likeness (QED) is 0.654. The van der Waals surface area contributed by atoms with Gasteiger partial charge in [0.2, 0.25) is 0 Å². The summed E-state index contributed by atoms with van der Waals surface area (Å²) in [5.41, 5.74) is 0.738. The van der Waals surface area contributed by atoms with Crippen molar-refractivity contribution < 1.29 is 19.1 Å². The van der Waals surface area contributed by atoms with Crippen LogP contribution in [0.5, 0.6) is 5.75 Å². The number of nitriles is 1. The van der Waals surface area contributed by atoms with Gasteiger partial charge in [0.1, 0.15) is 10.8 Å². The molecule has 1 aromatic carbocycles. The van der Waals surface area contributed by atoms with E-state index in [9.17, 15) is 9.59 Å². The number of ketones is 1. The maximum Gasteiger partial charge on any atom is 0.344 e. The van der Waals surface area contributed by atoms with Gasteiger partial charge in [0.15, 0.2) is 24.9 Å². The first-order valence-corrected chi connectivity index (χ1v) is 8.55. The first kappa shape index (κ1) is 18.1. The van der Waals surface area contributed by atoms with E-state index in [1.54, 1.807) is 30.5 Å². The Morgan fingerprint density at radius 1 is 1.42 bits per heavy atom. The van der Waals surface area contributed by atoms with Crippen molar-refractivity contribution in [3.63, 3.8) is 0 Å². The summed E-state index contributed by atoms with van der Waals surface area (Å²) in [7, 11) is 0. The van der Waals surface area contributed by atoms with E-state index < -0.39 is 24.3 Å². The number of rotatable bonds is 7. The molecule has 2 aromatic rings. The number of Topliss-reactive ketones (excluding diaryl/α,β-unsaturated/α-hetero) is 1. The number of aryl methyl sites for hydroxylation is 1. The summed E-state index contributed by atoms with van der Waals surface area (Å²) < 4.78 is 11.0. The highest BCUT2D eigenvalue weighted by atomic mass is 79.9. The summed E-state index contributed by atoms with van der Waals surface area (Å²) in [6.07, 6.45) is 0. The maximum absolute atomic E-state index is 12.0. The zero-order chi connectivity index (χ0) is 17.5. The Morgan fingerprint density at radius 2 is 2.21 bits per heavy atom. The van der Waals surface area contributed by atoms with E-state index in [1.165, 1.54) is 11.3 Å². The van der Waals surface area contributed by atoms with Crippen LogP contribution < -0.4 is 4.74 Å². The molecule has 0 saturated carbocycles. The van der Waals surface area contributed by atoms with Crippen molar-refractivity contribution in [3.05, 3.63) is 44.8 Å². The normalized spacial score (nSPS) is 11.4. The Morgan fingerprint density at radius 3 is 2.83 bits per heavy atom. The summed E-state index contributed by atoms with van der Waals surface area (Å²) in [6.45, 7) is 0.965. The molecular formula is C16H13BrN2O4S. The highest BCUT2D eigenvalue weighted by molar-refractivity contribution is 9.10. The van der Waals surface area contributed by atoms with Crippen LogP contribution in [0, 0.1) is 18.3 Å². The molecule has 0 aliphatic carbocycles. The topological polar surface area (TPSA) is 89.3 Å². The lowest BCUT2D eigenvalue weighted by Gasteiger charge is -2.08. The number of halogens is 1. The Hall–Kier alpha value is -2.24. The molecule has 0 fully saturated rings. The Kier molecular flexibility index (Phi) is 6.46. The molecule has 0 bridgehead atoms. The van der Waals surface area contributed by atoms with Gasteiger partial charge in [-0.3, -0.25) is 4.79 Å². The molecule has 0 amide bonds. The molecule has 24 heavy (non-hydrogen) atoms. The third kappa shape index (κ3) is 5.15. The Labute approximate surface area is 151 Å². The van der Waals surface area contributed by atoms with Crippen LogP contribution >= 0.6 is 27.3 Å². The first-order valence-electron chi connectivity index (χ1n) is 6.88. The lowest BCUT2D eigenvalue weighted by atomic mass is 10.1. The van der Waals surface area contributed by atoms with Crippen molar-refractivity contribution in [2.75, 3.05) is 13.2 Å². The van der Waals surface area contributed by atoms with Crippen molar-refractivity contribution in [2.24, 2.45) is 0 Å². The van der Waals surface area contributed by atoms with Gasteiger partial charge in [-0.15, -0.1) is 11.3 Å². The van der Waals surface area contributed by atoms with Gasteiger partial charge in [-0.05, 0) is 25.1 Å². The predicted octanol–water partition coefficient (Wildman–Crippen LogP) is 3.01. The van der Waals surface area contributed by atoms with Crippen LogP contribution in [0.25, 0.3) is 0 Å². The molecule has 1 aromatic heterocycles. The minimum Gasteiger partial charge on any atom is -0.482 e. The largest absolute Gasteiger partial charge is 0.482 e. The standard InChI is InChI=1S/C16H13BrN2O4S/c1-10-9-24-16(19-10)13(6-18)14(20)7-23-15(21)8-22-12-4-2-3-11(17)5-12/h2-5,9,13H,7-8H2,1H3/t13-/m0/s1.